The average Bonchev–Trinajstić information content (AvgIpc) is 2.78. The van der Waals surface area contributed by atoms with E-state index in [2.05, 4.69) is 0 Å². The fraction of sp³-hybridized carbons (Fsp3) is 0.0588. The van der Waals surface area contributed by atoms with Gasteiger partial charge < -0.3 is 0 Å². The number of benzene rings is 2. The second-order valence-electron chi connectivity index (χ2n) is 4.74. The number of hydrogen-bond acceptors (Lipinski definition) is 2. The molecule has 0 radical (unpaired) electrons. The summed E-state index contributed by atoms with van der Waals surface area (Å²) in [6, 6.07) is 16.3. The van der Waals surface area contributed by atoms with Crippen LogP contribution in [0.1, 0.15) is 26.3 Å². The highest BCUT2D eigenvalue weighted by atomic mass is 35.5. The Morgan fingerprint density at radius 3 is 1.95 bits per heavy atom. The second kappa shape index (κ2) is 5.54. The zero-order chi connectivity index (χ0) is 14.8. The number of amides is 2. The summed E-state index contributed by atoms with van der Waals surface area (Å²) < 4.78 is 0. The maximum Gasteiger partial charge on any atom is 0.261 e. The van der Waals surface area contributed by atoms with Crippen molar-refractivity contribution < 1.29 is 9.59 Å². The van der Waals surface area contributed by atoms with Gasteiger partial charge in [0.05, 0.1) is 17.7 Å². The lowest BCUT2D eigenvalue weighted by atomic mass is 10.1. The van der Waals surface area contributed by atoms with E-state index in [0.717, 1.165) is 11.1 Å². The van der Waals surface area contributed by atoms with Crippen LogP contribution in [0.5, 0.6) is 0 Å². The monoisotopic (exact) mass is 297 g/mol. The van der Waals surface area contributed by atoms with E-state index >= 15 is 0 Å². The van der Waals surface area contributed by atoms with Gasteiger partial charge in [0.15, 0.2) is 0 Å². The van der Waals surface area contributed by atoms with Gasteiger partial charge in [-0.3, -0.25) is 14.5 Å². The highest BCUT2D eigenvalue weighted by Crippen LogP contribution is 2.26. The lowest BCUT2D eigenvalue weighted by Gasteiger charge is -2.16. The summed E-state index contributed by atoms with van der Waals surface area (Å²) in [6.07, 6.45) is 0. The van der Waals surface area contributed by atoms with Crippen LogP contribution in [-0.2, 0) is 0 Å². The quantitative estimate of drug-likeness (QED) is 0.812. The zero-order valence-corrected chi connectivity index (χ0v) is 11.9. The summed E-state index contributed by atoms with van der Waals surface area (Å²) in [7, 11) is 0. The topological polar surface area (TPSA) is 37.4 Å². The Morgan fingerprint density at radius 1 is 0.905 bits per heavy atom. The van der Waals surface area contributed by atoms with Crippen LogP contribution < -0.4 is 0 Å². The summed E-state index contributed by atoms with van der Waals surface area (Å²) in [4.78, 5) is 25.9. The fourth-order valence-corrected chi connectivity index (χ4v) is 2.59. The molecule has 3 rings (SSSR count). The number of rotatable bonds is 3. The summed E-state index contributed by atoms with van der Waals surface area (Å²) in [6.45, 7) is 0.167. The summed E-state index contributed by atoms with van der Waals surface area (Å²) in [5, 5.41) is 0. The molecule has 0 fully saturated rings. The molecule has 0 aromatic heterocycles. The molecule has 0 unspecified atom stereocenters. The van der Waals surface area contributed by atoms with Crippen molar-refractivity contribution in [1.82, 2.24) is 4.90 Å². The molecule has 4 heteroatoms. The molecule has 1 aliphatic heterocycles. The maximum atomic E-state index is 12.3. The summed E-state index contributed by atoms with van der Waals surface area (Å²) >= 11 is 5.88. The molecule has 0 atom stereocenters. The average molecular weight is 298 g/mol. The Balaban J connectivity index is 1.90. The Morgan fingerprint density at radius 2 is 1.43 bits per heavy atom. The van der Waals surface area contributed by atoms with Gasteiger partial charge in [0, 0.05) is 5.54 Å². The van der Waals surface area contributed by atoms with Crippen molar-refractivity contribution in [2.75, 3.05) is 6.54 Å². The Bertz CT molecular complexity index is 702. The van der Waals surface area contributed by atoms with Crippen molar-refractivity contribution in [1.29, 1.82) is 0 Å². The van der Waals surface area contributed by atoms with Crippen molar-refractivity contribution in [2.45, 2.75) is 0 Å². The first kappa shape index (κ1) is 13.6. The van der Waals surface area contributed by atoms with Gasteiger partial charge in [-0.05, 0) is 23.3 Å². The molecule has 0 N–H and O–H groups in total. The summed E-state index contributed by atoms with van der Waals surface area (Å²) in [5.74, 6) is -0.551. The van der Waals surface area contributed by atoms with Crippen LogP contribution in [0.2, 0.25) is 0 Å². The van der Waals surface area contributed by atoms with Gasteiger partial charge in [-0.1, -0.05) is 54.1 Å². The molecular formula is C17H12ClNO2. The number of imide groups is 1. The van der Waals surface area contributed by atoms with E-state index in [1.807, 2.05) is 30.3 Å². The highest BCUT2D eigenvalue weighted by molar-refractivity contribution is 6.28. The highest BCUT2D eigenvalue weighted by Gasteiger charge is 2.35. The zero-order valence-electron chi connectivity index (χ0n) is 11.1. The molecule has 2 aromatic rings. The molecule has 2 amide bonds. The first-order valence-electron chi connectivity index (χ1n) is 6.52. The van der Waals surface area contributed by atoms with Gasteiger partial charge in [-0.2, -0.15) is 0 Å². The smallest absolute Gasteiger partial charge is 0.261 e. The van der Waals surface area contributed by atoms with Crippen LogP contribution in [0.4, 0.5) is 0 Å². The van der Waals surface area contributed by atoms with Crippen LogP contribution in [0.3, 0.4) is 0 Å². The third-order valence-electron chi connectivity index (χ3n) is 3.48. The minimum Gasteiger partial charge on any atom is -0.270 e. The van der Waals surface area contributed by atoms with E-state index in [4.69, 9.17) is 11.6 Å². The van der Waals surface area contributed by atoms with Crippen molar-refractivity contribution in [3.05, 3.63) is 76.8 Å². The predicted octanol–water partition coefficient (Wildman–Crippen LogP) is 3.56. The third-order valence-corrected chi connectivity index (χ3v) is 3.75. The van der Waals surface area contributed by atoms with Crippen LogP contribution in [0, 0.1) is 0 Å². The molecule has 0 spiro atoms. The standard InChI is InChI=1S/C17H12ClNO2/c18-10-13(12-6-2-1-3-7-12)11-19-16(20)14-8-4-5-9-15(14)17(19)21/h1-10H,11H2/b13-10+. The number of hydrogen-bond donors (Lipinski definition) is 0. The van der Waals surface area contributed by atoms with Crippen molar-refractivity contribution in [3.63, 3.8) is 0 Å². The van der Waals surface area contributed by atoms with E-state index < -0.39 is 0 Å². The fourth-order valence-electron chi connectivity index (χ4n) is 2.39. The van der Waals surface area contributed by atoms with Gasteiger partial charge in [0.25, 0.3) is 11.8 Å². The molecule has 0 saturated heterocycles. The minimum absolute atomic E-state index is 0.167. The van der Waals surface area contributed by atoms with Gasteiger partial charge in [0.2, 0.25) is 0 Å². The Kier molecular flexibility index (Phi) is 3.59. The molecule has 0 aliphatic carbocycles. The SMILES string of the molecule is O=C1c2ccccc2C(=O)N1C/C(=C\Cl)c1ccccc1. The van der Waals surface area contributed by atoms with Crippen LogP contribution in [-0.4, -0.2) is 23.3 Å². The van der Waals surface area contributed by atoms with E-state index in [1.165, 1.54) is 10.4 Å². The lowest BCUT2D eigenvalue weighted by Crippen LogP contribution is -2.31. The van der Waals surface area contributed by atoms with Crippen LogP contribution in [0.15, 0.2) is 60.1 Å². The van der Waals surface area contributed by atoms with E-state index in [1.54, 1.807) is 24.3 Å². The van der Waals surface area contributed by atoms with Crippen LogP contribution >= 0.6 is 11.6 Å². The maximum absolute atomic E-state index is 12.3. The largest absolute Gasteiger partial charge is 0.270 e. The molecule has 21 heavy (non-hydrogen) atoms. The van der Waals surface area contributed by atoms with Gasteiger partial charge in [-0.15, -0.1) is 0 Å². The second-order valence-corrected chi connectivity index (χ2v) is 4.96. The number of nitrogens with zero attached hydrogens (tertiary/aromatic N) is 1. The first-order chi connectivity index (χ1) is 10.2. The van der Waals surface area contributed by atoms with Crippen LogP contribution in [0.25, 0.3) is 5.57 Å². The number of fused-ring (bicyclic) bond motifs is 1. The molecule has 0 bridgehead atoms. The summed E-state index contributed by atoms with van der Waals surface area (Å²) in [5.41, 5.74) is 3.93. The lowest BCUT2D eigenvalue weighted by molar-refractivity contribution is 0.0675. The third kappa shape index (κ3) is 2.36. The molecule has 2 aromatic carbocycles. The molecule has 0 saturated carbocycles. The van der Waals surface area contributed by atoms with E-state index in [9.17, 15) is 9.59 Å². The molecule has 104 valence electrons. The Hall–Kier alpha value is -2.39. The Labute approximate surface area is 127 Å². The van der Waals surface area contributed by atoms with Crippen molar-refractivity contribution in [2.24, 2.45) is 0 Å². The minimum atomic E-state index is -0.275. The molecule has 3 nitrogen and oxygen atoms in total. The predicted molar refractivity (Wildman–Crippen MR) is 82.1 cm³/mol. The molecule has 1 heterocycles. The van der Waals surface area contributed by atoms with E-state index in [-0.39, 0.29) is 18.4 Å². The number of carbonyl (C=O) groups excluding carboxylic acids is 2. The first-order valence-corrected chi connectivity index (χ1v) is 6.96. The van der Waals surface area contributed by atoms with Gasteiger partial charge in [0.1, 0.15) is 0 Å². The van der Waals surface area contributed by atoms with E-state index in [0.29, 0.717) is 11.1 Å². The number of halogens is 1. The normalized spacial score (nSPS) is 14.5. The van der Waals surface area contributed by atoms with Gasteiger partial charge >= 0.3 is 0 Å². The van der Waals surface area contributed by atoms with Crippen molar-refractivity contribution in [3.8, 4) is 0 Å². The molecular weight excluding hydrogens is 286 g/mol. The van der Waals surface area contributed by atoms with Crippen molar-refractivity contribution >= 4 is 29.0 Å². The number of carbonyl (C=O) groups is 2. The molecule has 1 aliphatic rings. The van der Waals surface area contributed by atoms with Gasteiger partial charge in [-0.25, -0.2) is 0 Å².